The monoisotopic (exact) mass is 602 g/mol. The van der Waals surface area contributed by atoms with Crippen LogP contribution in [0.25, 0.3) is 11.3 Å². The largest absolute Gasteiger partial charge is 0.418 e. The first-order valence-electron chi connectivity index (χ1n) is 12.5. The minimum absolute atomic E-state index is 0.0319. The third-order valence-electron chi connectivity index (χ3n) is 6.38. The zero-order chi connectivity index (χ0) is 30.7. The van der Waals surface area contributed by atoms with Gasteiger partial charge in [-0.25, -0.2) is 9.97 Å². The van der Waals surface area contributed by atoms with Gasteiger partial charge in [0.05, 0.1) is 16.9 Å². The van der Waals surface area contributed by atoms with Crippen molar-refractivity contribution in [3.05, 3.63) is 106 Å². The Morgan fingerprint density at radius 2 is 1.93 bits per heavy atom. The predicted octanol–water partition coefficient (Wildman–Crippen LogP) is 6.25. The Labute approximate surface area is 246 Å². The van der Waals surface area contributed by atoms with Crippen LogP contribution in [-0.2, 0) is 6.18 Å². The maximum atomic E-state index is 14.1. The van der Waals surface area contributed by atoms with Crippen molar-refractivity contribution in [2.45, 2.75) is 13.1 Å². The summed E-state index contributed by atoms with van der Waals surface area (Å²) < 4.78 is 44.7. The maximum absolute atomic E-state index is 14.1. The topological polar surface area (TPSA) is 140 Å². The van der Waals surface area contributed by atoms with Crippen molar-refractivity contribution in [2.75, 3.05) is 22.6 Å². The first kappa shape index (κ1) is 29.0. The molecule has 3 N–H and O–H groups in total. The van der Waals surface area contributed by atoms with Crippen molar-refractivity contribution in [3.63, 3.8) is 0 Å². The number of carbonyl (C=O) groups excluding carboxylic acids is 1. The van der Waals surface area contributed by atoms with Crippen LogP contribution in [0.3, 0.4) is 0 Å². The van der Waals surface area contributed by atoms with Crippen LogP contribution < -0.4 is 21.1 Å². The summed E-state index contributed by atoms with van der Waals surface area (Å²) in [7, 11) is 1.32. The normalized spacial score (nSPS) is 11.1. The molecule has 216 valence electrons. The Morgan fingerprint density at radius 1 is 1.12 bits per heavy atom. The number of aromatic nitrogens is 4. The lowest BCUT2D eigenvalue weighted by molar-refractivity contribution is -0.137. The van der Waals surface area contributed by atoms with Crippen LogP contribution >= 0.6 is 11.5 Å². The minimum Gasteiger partial charge on any atom is -0.333 e. The van der Waals surface area contributed by atoms with Crippen molar-refractivity contribution >= 4 is 45.5 Å². The number of amides is 1. The van der Waals surface area contributed by atoms with E-state index >= 15 is 0 Å². The number of pyridine rings is 1. The summed E-state index contributed by atoms with van der Waals surface area (Å²) in [6, 6.07) is 15.2. The molecular formula is C29H21F3N8O2S. The van der Waals surface area contributed by atoms with E-state index in [1.54, 1.807) is 55.0 Å². The van der Waals surface area contributed by atoms with Gasteiger partial charge in [0.25, 0.3) is 11.5 Å². The highest BCUT2D eigenvalue weighted by Gasteiger charge is 2.36. The molecular weight excluding hydrogens is 581 g/mol. The standard InChI is InChI=1S/C29H21F3N8O2S/c1-16-5-6-17(12-23(16)38-28-35-11-9-22(37-28)18-4-3-10-34-15-18)25(41)36-19-7-8-24(21(13-19)29(30,31)32)40(2)27-20(14-33)26(42)39-43-27/h3-13,15H,1-2H3,(H,36,41)(H,39,42)(H,35,37,38). The molecule has 10 nitrogen and oxygen atoms in total. The molecule has 0 atom stereocenters. The number of nitrogens with one attached hydrogen (secondary N) is 3. The van der Waals surface area contributed by atoms with E-state index in [0.29, 0.717) is 11.4 Å². The maximum Gasteiger partial charge on any atom is 0.418 e. The number of carbonyl (C=O) groups is 1. The molecule has 0 aliphatic rings. The molecule has 0 fully saturated rings. The van der Waals surface area contributed by atoms with Gasteiger partial charge >= 0.3 is 6.18 Å². The number of nitrogens with zero attached hydrogens (tertiary/aromatic N) is 5. The number of rotatable bonds is 7. The lowest BCUT2D eigenvalue weighted by Gasteiger charge is -2.23. The number of aromatic amines is 1. The molecule has 0 aliphatic heterocycles. The fourth-order valence-corrected chi connectivity index (χ4v) is 4.95. The van der Waals surface area contributed by atoms with E-state index < -0.39 is 23.2 Å². The van der Waals surface area contributed by atoms with E-state index in [9.17, 15) is 28.0 Å². The van der Waals surface area contributed by atoms with Crippen LogP contribution in [0.4, 0.5) is 41.2 Å². The summed E-state index contributed by atoms with van der Waals surface area (Å²) in [5.74, 6) is -0.360. The Hall–Kier alpha value is -5.55. The third kappa shape index (κ3) is 6.21. The zero-order valence-electron chi connectivity index (χ0n) is 22.5. The quantitative estimate of drug-likeness (QED) is 0.199. The van der Waals surface area contributed by atoms with E-state index in [0.717, 1.165) is 33.6 Å². The second-order valence-electron chi connectivity index (χ2n) is 9.23. The molecule has 0 unspecified atom stereocenters. The van der Waals surface area contributed by atoms with E-state index in [2.05, 4.69) is 30.0 Å². The second kappa shape index (κ2) is 11.7. The predicted molar refractivity (Wildman–Crippen MR) is 157 cm³/mol. The average molecular weight is 603 g/mol. The number of halogens is 3. The van der Waals surface area contributed by atoms with Crippen LogP contribution in [-0.4, -0.2) is 32.3 Å². The molecule has 43 heavy (non-hydrogen) atoms. The molecule has 0 aliphatic carbocycles. The SMILES string of the molecule is Cc1ccc(C(=O)Nc2ccc(N(C)c3s[nH]c(=O)c3C#N)c(C(F)(F)F)c2)cc1Nc1nccc(-c2cccnc2)n1. The van der Waals surface area contributed by atoms with Gasteiger partial charge in [-0.2, -0.15) is 18.4 Å². The number of benzene rings is 2. The van der Waals surface area contributed by atoms with Gasteiger partial charge in [0, 0.05) is 48.1 Å². The Balaban J connectivity index is 1.39. The van der Waals surface area contributed by atoms with Crippen molar-refractivity contribution in [2.24, 2.45) is 0 Å². The van der Waals surface area contributed by atoms with E-state index in [1.165, 1.54) is 19.2 Å². The molecule has 3 heterocycles. The van der Waals surface area contributed by atoms with Gasteiger partial charge in [0.15, 0.2) is 5.56 Å². The summed E-state index contributed by atoms with van der Waals surface area (Å²) in [5.41, 5.74) is 0.487. The number of hydrogen-bond acceptors (Lipinski definition) is 9. The second-order valence-corrected chi connectivity index (χ2v) is 10.0. The average Bonchev–Trinajstić information content (AvgIpc) is 3.38. The van der Waals surface area contributed by atoms with Crippen LogP contribution in [0, 0.1) is 18.3 Å². The van der Waals surface area contributed by atoms with Crippen molar-refractivity contribution in [1.29, 1.82) is 5.26 Å². The van der Waals surface area contributed by atoms with Crippen molar-refractivity contribution in [1.82, 2.24) is 19.3 Å². The number of aryl methyl sites for hydroxylation is 1. The van der Waals surface area contributed by atoms with Gasteiger partial charge in [-0.3, -0.25) is 18.9 Å². The lowest BCUT2D eigenvalue weighted by Crippen LogP contribution is -2.19. The number of alkyl halides is 3. The van der Waals surface area contributed by atoms with Gasteiger partial charge in [-0.05, 0) is 72.6 Å². The molecule has 0 bridgehead atoms. The fraction of sp³-hybridized carbons (Fsp3) is 0.103. The fourth-order valence-electron chi connectivity index (χ4n) is 4.19. The smallest absolute Gasteiger partial charge is 0.333 e. The van der Waals surface area contributed by atoms with E-state index in [1.807, 2.05) is 13.0 Å². The molecule has 0 saturated carbocycles. The van der Waals surface area contributed by atoms with Gasteiger partial charge < -0.3 is 15.5 Å². The van der Waals surface area contributed by atoms with Crippen molar-refractivity contribution in [3.8, 4) is 17.3 Å². The third-order valence-corrected chi connectivity index (χ3v) is 7.34. The molecule has 14 heteroatoms. The first-order valence-corrected chi connectivity index (χ1v) is 13.4. The highest BCUT2D eigenvalue weighted by molar-refractivity contribution is 7.10. The number of nitriles is 1. The summed E-state index contributed by atoms with van der Waals surface area (Å²) in [5, 5.41) is 14.9. The summed E-state index contributed by atoms with van der Waals surface area (Å²) in [6.45, 7) is 1.82. The molecule has 3 aromatic heterocycles. The number of hydrogen-bond donors (Lipinski definition) is 3. The van der Waals surface area contributed by atoms with Crippen LogP contribution in [0.5, 0.6) is 0 Å². The van der Waals surface area contributed by atoms with Crippen molar-refractivity contribution < 1.29 is 18.0 Å². The van der Waals surface area contributed by atoms with Crippen LogP contribution in [0.2, 0.25) is 0 Å². The Kier molecular flexibility index (Phi) is 7.91. The Bertz CT molecular complexity index is 1920. The molecule has 5 aromatic rings. The van der Waals surface area contributed by atoms with Gasteiger partial charge in [-0.15, -0.1) is 0 Å². The van der Waals surface area contributed by atoms with Gasteiger partial charge in [0.2, 0.25) is 5.95 Å². The van der Waals surface area contributed by atoms with Crippen LogP contribution in [0.1, 0.15) is 27.0 Å². The first-order chi connectivity index (χ1) is 20.5. The summed E-state index contributed by atoms with van der Waals surface area (Å²) >= 11 is 0.749. The lowest BCUT2D eigenvalue weighted by atomic mass is 10.1. The van der Waals surface area contributed by atoms with Gasteiger partial charge in [0.1, 0.15) is 11.1 Å². The molecule has 2 aromatic carbocycles. The summed E-state index contributed by atoms with van der Waals surface area (Å²) in [6.07, 6.45) is 0.105. The van der Waals surface area contributed by atoms with Gasteiger partial charge in [-0.1, -0.05) is 6.07 Å². The molecule has 0 radical (unpaired) electrons. The summed E-state index contributed by atoms with van der Waals surface area (Å²) in [4.78, 5) is 38.9. The molecule has 0 saturated heterocycles. The zero-order valence-corrected chi connectivity index (χ0v) is 23.3. The van der Waals surface area contributed by atoms with E-state index in [-0.39, 0.29) is 33.5 Å². The van der Waals surface area contributed by atoms with Crippen LogP contribution in [0.15, 0.2) is 78.0 Å². The molecule has 1 amide bonds. The molecule has 0 spiro atoms. The molecule has 5 rings (SSSR count). The minimum atomic E-state index is -4.80. The number of H-pyrrole nitrogens is 1. The Morgan fingerprint density at radius 3 is 2.65 bits per heavy atom. The number of anilines is 5. The highest BCUT2D eigenvalue weighted by atomic mass is 32.1. The van der Waals surface area contributed by atoms with E-state index in [4.69, 9.17) is 0 Å². The highest BCUT2D eigenvalue weighted by Crippen LogP contribution is 2.41.